The zero-order valence-electron chi connectivity index (χ0n) is 18.0. The number of carbonyl (C=O) groups excluding carboxylic acids is 1. The van der Waals surface area contributed by atoms with Crippen molar-refractivity contribution in [2.24, 2.45) is 0 Å². The number of aryl methyl sites for hydroxylation is 1. The summed E-state index contributed by atoms with van der Waals surface area (Å²) >= 11 is 1.36. The zero-order chi connectivity index (χ0) is 22.3. The van der Waals surface area contributed by atoms with Gasteiger partial charge in [-0.15, -0.1) is 10.2 Å². The molecular weight excluding hydrogens is 420 g/mol. The molecule has 0 N–H and O–H groups in total. The van der Waals surface area contributed by atoms with E-state index in [1.807, 2.05) is 96.4 Å². The Morgan fingerprint density at radius 3 is 2.31 bits per heavy atom. The van der Waals surface area contributed by atoms with Crippen LogP contribution in [0.3, 0.4) is 0 Å². The first-order chi connectivity index (χ1) is 15.6. The highest BCUT2D eigenvalue weighted by molar-refractivity contribution is 7.99. The second-order valence-corrected chi connectivity index (χ2v) is 8.14. The summed E-state index contributed by atoms with van der Waals surface area (Å²) in [5.74, 6) is 1.71. The molecule has 4 aromatic rings. The molecule has 0 spiro atoms. The van der Waals surface area contributed by atoms with E-state index in [4.69, 9.17) is 4.74 Å². The van der Waals surface area contributed by atoms with E-state index in [0.717, 1.165) is 22.7 Å². The van der Waals surface area contributed by atoms with Crippen molar-refractivity contribution in [1.82, 2.24) is 14.8 Å². The second kappa shape index (κ2) is 10.2. The molecule has 32 heavy (non-hydrogen) atoms. The quantitative estimate of drug-likeness (QED) is 0.362. The van der Waals surface area contributed by atoms with Crippen LogP contribution < -0.4 is 9.64 Å². The van der Waals surface area contributed by atoms with Crippen LogP contribution in [-0.4, -0.2) is 33.5 Å². The molecule has 0 unspecified atom stereocenters. The normalized spacial score (nSPS) is 10.7. The molecule has 0 bridgehead atoms. The van der Waals surface area contributed by atoms with Gasteiger partial charge in [0, 0.05) is 18.4 Å². The average molecular weight is 445 g/mol. The van der Waals surface area contributed by atoms with Crippen LogP contribution in [-0.2, 0) is 11.4 Å². The van der Waals surface area contributed by atoms with Gasteiger partial charge in [0.05, 0.1) is 5.75 Å². The average Bonchev–Trinajstić information content (AvgIpc) is 3.25. The van der Waals surface area contributed by atoms with Crippen LogP contribution in [0.5, 0.6) is 5.75 Å². The van der Waals surface area contributed by atoms with Gasteiger partial charge < -0.3 is 9.64 Å². The molecule has 4 rings (SSSR count). The molecule has 1 heterocycles. The van der Waals surface area contributed by atoms with Crippen molar-refractivity contribution in [1.29, 1.82) is 0 Å². The first-order valence-corrected chi connectivity index (χ1v) is 11.2. The van der Waals surface area contributed by atoms with Gasteiger partial charge in [-0.3, -0.25) is 9.36 Å². The lowest BCUT2D eigenvalue weighted by molar-refractivity contribution is -0.115. The molecule has 1 amide bonds. The lowest BCUT2D eigenvalue weighted by atomic mass is 10.2. The van der Waals surface area contributed by atoms with Crippen molar-refractivity contribution in [2.75, 3.05) is 17.7 Å². The van der Waals surface area contributed by atoms with Gasteiger partial charge in [-0.1, -0.05) is 66.4 Å². The molecular formula is C25H24N4O2S. The number of benzene rings is 3. The molecule has 0 saturated carbocycles. The van der Waals surface area contributed by atoms with E-state index in [1.54, 1.807) is 11.9 Å². The molecule has 0 saturated heterocycles. The number of anilines is 1. The number of ether oxygens (including phenoxy) is 1. The van der Waals surface area contributed by atoms with Crippen molar-refractivity contribution in [3.8, 4) is 11.4 Å². The maximum Gasteiger partial charge on any atom is 0.237 e. The Hall–Kier alpha value is -3.58. The standard InChI is InChI=1S/C25H24N4O2S/c1-19-11-9-10-16-22(19)31-17-23-26-27-25(29(23)21-14-7-4-8-15-21)32-18-24(30)28(2)20-12-5-3-6-13-20/h3-16H,17-18H2,1-2H3. The predicted octanol–water partition coefficient (Wildman–Crippen LogP) is 4.91. The van der Waals surface area contributed by atoms with Crippen LogP contribution in [0.4, 0.5) is 5.69 Å². The molecule has 0 radical (unpaired) electrons. The minimum absolute atomic E-state index is 0.0125. The summed E-state index contributed by atoms with van der Waals surface area (Å²) in [6.07, 6.45) is 0. The molecule has 162 valence electrons. The Bertz CT molecular complexity index is 1180. The van der Waals surface area contributed by atoms with Crippen LogP contribution in [0.1, 0.15) is 11.4 Å². The Balaban J connectivity index is 1.53. The van der Waals surface area contributed by atoms with E-state index >= 15 is 0 Å². The number of nitrogens with zero attached hydrogens (tertiary/aromatic N) is 4. The van der Waals surface area contributed by atoms with Crippen LogP contribution >= 0.6 is 11.8 Å². The third-order valence-corrected chi connectivity index (χ3v) is 5.92. The molecule has 0 aliphatic rings. The van der Waals surface area contributed by atoms with Crippen LogP contribution in [0.25, 0.3) is 5.69 Å². The van der Waals surface area contributed by atoms with Gasteiger partial charge in [0.2, 0.25) is 5.91 Å². The van der Waals surface area contributed by atoms with Gasteiger partial charge in [-0.05, 0) is 42.8 Å². The maximum absolute atomic E-state index is 12.7. The van der Waals surface area contributed by atoms with Crippen molar-refractivity contribution < 1.29 is 9.53 Å². The number of para-hydroxylation sites is 3. The number of thioether (sulfide) groups is 1. The molecule has 0 aliphatic carbocycles. The number of amides is 1. The number of aromatic nitrogens is 3. The van der Waals surface area contributed by atoms with Crippen LogP contribution in [0, 0.1) is 6.92 Å². The molecule has 7 heteroatoms. The first kappa shape index (κ1) is 21.6. The molecule has 3 aromatic carbocycles. The lowest BCUT2D eigenvalue weighted by Crippen LogP contribution is -2.27. The monoisotopic (exact) mass is 444 g/mol. The van der Waals surface area contributed by atoms with E-state index in [0.29, 0.717) is 11.0 Å². The molecule has 0 aliphatic heterocycles. The van der Waals surface area contributed by atoms with Gasteiger partial charge in [0.25, 0.3) is 0 Å². The van der Waals surface area contributed by atoms with Gasteiger partial charge in [0.15, 0.2) is 11.0 Å². The summed E-state index contributed by atoms with van der Waals surface area (Å²) in [5, 5.41) is 9.36. The summed E-state index contributed by atoms with van der Waals surface area (Å²) < 4.78 is 7.96. The number of carbonyl (C=O) groups is 1. The predicted molar refractivity (Wildman–Crippen MR) is 127 cm³/mol. The Morgan fingerprint density at radius 1 is 0.938 bits per heavy atom. The van der Waals surface area contributed by atoms with E-state index in [1.165, 1.54) is 11.8 Å². The summed E-state index contributed by atoms with van der Waals surface area (Å²) in [4.78, 5) is 14.4. The third-order valence-electron chi connectivity index (χ3n) is 5.01. The zero-order valence-corrected chi connectivity index (χ0v) is 18.8. The van der Waals surface area contributed by atoms with E-state index in [-0.39, 0.29) is 18.3 Å². The fourth-order valence-electron chi connectivity index (χ4n) is 3.20. The highest BCUT2D eigenvalue weighted by Crippen LogP contribution is 2.25. The fourth-order valence-corrected chi connectivity index (χ4v) is 4.09. The number of rotatable bonds is 8. The third kappa shape index (κ3) is 5.00. The Labute approximate surface area is 191 Å². The Morgan fingerprint density at radius 2 is 1.59 bits per heavy atom. The smallest absolute Gasteiger partial charge is 0.237 e. The van der Waals surface area contributed by atoms with Gasteiger partial charge >= 0.3 is 0 Å². The molecule has 6 nitrogen and oxygen atoms in total. The van der Waals surface area contributed by atoms with Crippen molar-refractivity contribution >= 4 is 23.4 Å². The van der Waals surface area contributed by atoms with E-state index < -0.39 is 0 Å². The van der Waals surface area contributed by atoms with Gasteiger partial charge in [-0.2, -0.15) is 0 Å². The fraction of sp³-hybridized carbons (Fsp3) is 0.160. The number of hydrogen-bond donors (Lipinski definition) is 0. The van der Waals surface area contributed by atoms with Crippen LogP contribution in [0.2, 0.25) is 0 Å². The van der Waals surface area contributed by atoms with E-state index in [9.17, 15) is 4.79 Å². The number of hydrogen-bond acceptors (Lipinski definition) is 5. The summed E-state index contributed by atoms with van der Waals surface area (Å²) in [5.41, 5.74) is 2.84. The van der Waals surface area contributed by atoms with Gasteiger partial charge in [0.1, 0.15) is 12.4 Å². The van der Waals surface area contributed by atoms with Gasteiger partial charge in [-0.25, -0.2) is 0 Å². The minimum Gasteiger partial charge on any atom is -0.485 e. The highest BCUT2D eigenvalue weighted by atomic mass is 32.2. The first-order valence-electron chi connectivity index (χ1n) is 10.3. The summed E-state index contributed by atoms with van der Waals surface area (Å²) in [6, 6.07) is 27.3. The van der Waals surface area contributed by atoms with Crippen molar-refractivity contribution in [3.05, 3.63) is 96.3 Å². The second-order valence-electron chi connectivity index (χ2n) is 7.20. The molecule has 0 fully saturated rings. The SMILES string of the molecule is Cc1ccccc1OCc1nnc(SCC(=O)N(C)c2ccccc2)n1-c1ccccc1. The molecule has 1 aromatic heterocycles. The Kier molecular flexibility index (Phi) is 6.87. The minimum atomic E-state index is -0.0125. The summed E-state index contributed by atoms with van der Waals surface area (Å²) in [6.45, 7) is 2.28. The lowest BCUT2D eigenvalue weighted by Gasteiger charge is -2.17. The van der Waals surface area contributed by atoms with E-state index in [2.05, 4.69) is 10.2 Å². The van der Waals surface area contributed by atoms with Crippen molar-refractivity contribution in [2.45, 2.75) is 18.7 Å². The largest absolute Gasteiger partial charge is 0.485 e. The van der Waals surface area contributed by atoms with Crippen LogP contribution in [0.15, 0.2) is 90.1 Å². The molecule has 0 atom stereocenters. The topological polar surface area (TPSA) is 60.3 Å². The maximum atomic E-state index is 12.7. The van der Waals surface area contributed by atoms with Crippen molar-refractivity contribution in [3.63, 3.8) is 0 Å². The summed E-state index contributed by atoms with van der Waals surface area (Å²) in [7, 11) is 1.78. The highest BCUT2D eigenvalue weighted by Gasteiger charge is 2.18.